The van der Waals surface area contributed by atoms with Crippen LogP contribution in [-0.2, 0) is 4.79 Å². The molecule has 0 atom stereocenters. The Bertz CT molecular complexity index is 639. The number of pyridine rings is 1. The molecule has 0 aliphatic heterocycles. The molecule has 4 heteroatoms. The summed E-state index contributed by atoms with van der Waals surface area (Å²) >= 11 is 0. The second-order valence-electron chi connectivity index (χ2n) is 5.49. The van der Waals surface area contributed by atoms with Gasteiger partial charge in [0.15, 0.2) is 5.78 Å². The largest absolute Gasteiger partial charge is 0.299 e. The van der Waals surface area contributed by atoms with Gasteiger partial charge in [-0.15, -0.1) is 0 Å². The monoisotopic (exact) mass is 270 g/mol. The Kier molecular flexibility index (Phi) is 3.63. The highest BCUT2D eigenvalue weighted by Crippen LogP contribution is 2.26. The molecule has 0 N–H and O–H groups in total. The third-order valence-corrected chi connectivity index (χ3v) is 4.12. The average molecular weight is 270 g/mol. The molecule has 0 bridgehead atoms. The summed E-state index contributed by atoms with van der Waals surface area (Å²) in [5.41, 5.74) is 1.32. The highest BCUT2D eigenvalue weighted by molar-refractivity contribution is 6.11. The van der Waals surface area contributed by atoms with Gasteiger partial charge >= 0.3 is 0 Å². The minimum atomic E-state index is -0.109. The molecule has 0 aromatic carbocycles. The number of fused-ring (bicyclic) bond motifs is 1. The molecule has 3 rings (SSSR count). The first kappa shape index (κ1) is 13.0. The maximum atomic E-state index is 12.3. The lowest BCUT2D eigenvalue weighted by molar-refractivity contribution is -0.122. The van der Waals surface area contributed by atoms with Gasteiger partial charge in [-0.2, -0.15) is 5.10 Å². The fourth-order valence-electron chi connectivity index (χ4n) is 2.97. The topological polar surface area (TPSA) is 51.4 Å². The minimum Gasteiger partial charge on any atom is -0.299 e. The Morgan fingerprint density at radius 3 is 2.80 bits per heavy atom. The van der Waals surface area contributed by atoms with Crippen molar-refractivity contribution in [3.8, 4) is 0 Å². The van der Waals surface area contributed by atoms with E-state index in [1.165, 1.54) is 6.42 Å². The van der Waals surface area contributed by atoms with Crippen molar-refractivity contribution in [2.24, 2.45) is 5.92 Å². The minimum absolute atomic E-state index is 0.0148. The van der Waals surface area contributed by atoms with Gasteiger partial charge < -0.3 is 0 Å². The molecular weight excluding hydrogens is 252 g/mol. The lowest BCUT2D eigenvalue weighted by atomic mass is 9.84. The molecule has 1 saturated carbocycles. The number of hydrogen-bond acceptors (Lipinski definition) is 3. The second-order valence-corrected chi connectivity index (χ2v) is 5.49. The maximum Gasteiger partial charge on any atom is 0.174 e. The number of Topliss-reactive ketones (excluding diaryl/α,β-unsaturated/α-hetero) is 2. The molecule has 2 aromatic heterocycles. The Morgan fingerprint density at radius 1 is 1.20 bits per heavy atom. The fourth-order valence-corrected chi connectivity index (χ4v) is 2.97. The van der Waals surface area contributed by atoms with Gasteiger partial charge in [0.05, 0.1) is 23.7 Å². The van der Waals surface area contributed by atoms with Crippen LogP contribution in [0, 0.1) is 5.92 Å². The van der Waals surface area contributed by atoms with Crippen molar-refractivity contribution in [1.82, 2.24) is 9.61 Å². The van der Waals surface area contributed by atoms with Gasteiger partial charge in [0, 0.05) is 12.1 Å². The van der Waals surface area contributed by atoms with Gasteiger partial charge in [-0.05, 0) is 25.0 Å². The normalized spacial score (nSPS) is 16.4. The van der Waals surface area contributed by atoms with Crippen LogP contribution in [0.1, 0.15) is 48.9 Å². The first-order valence-corrected chi connectivity index (χ1v) is 7.24. The van der Waals surface area contributed by atoms with Gasteiger partial charge in [0.2, 0.25) is 0 Å². The summed E-state index contributed by atoms with van der Waals surface area (Å²) in [6, 6.07) is 5.59. The summed E-state index contributed by atoms with van der Waals surface area (Å²) in [5, 5.41) is 4.14. The van der Waals surface area contributed by atoms with Crippen LogP contribution in [0.5, 0.6) is 0 Å². The Labute approximate surface area is 117 Å². The summed E-state index contributed by atoms with van der Waals surface area (Å²) in [4.78, 5) is 24.5. The second kappa shape index (κ2) is 5.57. The first-order chi connectivity index (χ1) is 9.75. The van der Waals surface area contributed by atoms with E-state index in [-0.39, 0.29) is 23.9 Å². The van der Waals surface area contributed by atoms with Crippen LogP contribution in [0.2, 0.25) is 0 Å². The summed E-state index contributed by atoms with van der Waals surface area (Å²) < 4.78 is 1.66. The van der Waals surface area contributed by atoms with Crippen LogP contribution in [0.3, 0.4) is 0 Å². The number of hydrogen-bond donors (Lipinski definition) is 0. The van der Waals surface area contributed by atoms with Crippen molar-refractivity contribution >= 4 is 17.1 Å². The summed E-state index contributed by atoms with van der Waals surface area (Å²) in [6.07, 6.45) is 8.71. The van der Waals surface area contributed by atoms with Crippen molar-refractivity contribution in [3.05, 3.63) is 36.2 Å². The molecule has 20 heavy (non-hydrogen) atoms. The molecule has 2 aromatic rings. The molecule has 0 radical (unpaired) electrons. The van der Waals surface area contributed by atoms with Gasteiger partial charge in [-0.1, -0.05) is 25.3 Å². The highest BCUT2D eigenvalue weighted by atomic mass is 16.1. The van der Waals surface area contributed by atoms with Crippen LogP contribution >= 0.6 is 0 Å². The average Bonchev–Trinajstić information content (AvgIpc) is 2.92. The van der Waals surface area contributed by atoms with Crippen molar-refractivity contribution in [1.29, 1.82) is 0 Å². The number of aromatic nitrogens is 2. The van der Waals surface area contributed by atoms with Crippen LogP contribution in [0.25, 0.3) is 5.52 Å². The number of carbonyl (C=O) groups excluding carboxylic acids is 2. The third-order valence-electron chi connectivity index (χ3n) is 4.12. The smallest absolute Gasteiger partial charge is 0.174 e. The fraction of sp³-hybridized carbons (Fsp3) is 0.438. The van der Waals surface area contributed by atoms with Crippen molar-refractivity contribution in [2.75, 3.05) is 0 Å². The Balaban J connectivity index is 1.74. The SMILES string of the molecule is O=C(CC(=O)C1CCCCC1)c1cnn2ccccc12. The van der Waals surface area contributed by atoms with E-state index in [1.54, 1.807) is 16.9 Å². The van der Waals surface area contributed by atoms with E-state index in [0.717, 1.165) is 31.2 Å². The molecule has 104 valence electrons. The molecule has 1 fully saturated rings. The van der Waals surface area contributed by atoms with Crippen molar-refractivity contribution < 1.29 is 9.59 Å². The lowest BCUT2D eigenvalue weighted by Gasteiger charge is -2.19. The third kappa shape index (κ3) is 2.50. The highest BCUT2D eigenvalue weighted by Gasteiger charge is 2.24. The van der Waals surface area contributed by atoms with Crippen LogP contribution in [0.15, 0.2) is 30.6 Å². The molecule has 0 amide bonds. The zero-order valence-corrected chi connectivity index (χ0v) is 11.4. The zero-order chi connectivity index (χ0) is 13.9. The Morgan fingerprint density at radius 2 is 2.00 bits per heavy atom. The summed E-state index contributed by atoms with van der Waals surface area (Å²) in [7, 11) is 0. The van der Waals surface area contributed by atoms with E-state index in [0.29, 0.717) is 5.56 Å². The molecule has 1 aliphatic rings. The predicted molar refractivity (Wildman–Crippen MR) is 75.7 cm³/mol. The number of rotatable bonds is 4. The van der Waals surface area contributed by atoms with Crippen LogP contribution < -0.4 is 0 Å². The zero-order valence-electron chi connectivity index (χ0n) is 11.4. The van der Waals surface area contributed by atoms with E-state index >= 15 is 0 Å². The van der Waals surface area contributed by atoms with E-state index in [9.17, 15) is 9.59 Å². The van der Waals surface area contributed by atoms with E-state index in [1.807, 2.05) is 18.2 Å². The lowest BCUT2D eigenvalue weighted by Crippen LogP contribution is -2.20. The van der Waals surface area contributed by atoms with E-state index in [4.69, 9.17) is 0 Å². The molecule has 2 heterocycles. The quantitative estimate of drug-likeness (QED) is 0.633. The number of nitrogens with zero attached hydrogens (tertiary/aromatic N) is 2. The summed E-state index contributed by atoms with van der Waals surface area (Å²) in [5.74, 6) is 0.0845. The number of ketones is 2. The van der Waals surface area contributed by atoms with Crippen molar-refractivity contribution in [2.45, 2.75) is 38.5 Å². The molecule has 1 aliphatic carbocycles. The van der Waals surface area contributed by atoms with Gasteiger partial charge in [-0.25, -0.2) is 4.52 Å². The first-order valence-electron chi connectivity index (χ1n) is 7.24. The van der Waals surface area contributed by atoms with Gasteiger partial charge in [-0.3, -0.25) is 9.59 Å². The Hall–Kier alpha value is -1.97. The standard InChI is InChI=1S/C16H18N2O2/c19-15(12-6-2-1-3-7-12)10-16(20)13-11-17-18-9-5-4-8-14(13)18/h4-5,8-9,11-12H,1-3,6-7,10H2. The van der Waals surface area contributed by atoms with Crippen LogP contribution in [0.4, 0.5) is 0 Å². The predicted octanol–water partition coefficient (Wildman–Crippen LogP) is 3.06. The van der Waals surface area contributed by atoms with Crippen molar-refractivity contribution in [3.63, 3.8) is 0 Å². The van der Waals surface area contributed by atoms with E-state index in [2.05, 4.69) is 5.10 Å². The summed E-state index contributed by atoms with van der Waals surface area (Å²) in [6.45, 7) is 0. The molecular formula is C16H18N2O2. The van der Waals surface area contributed by atoms with E-state index < -0.39 is 0 Å². The van der Waals surface area contributed by atoms with Crippen LogP contribution in [-0.4, -0.2) is 21.2 Å². The molecule has 0 unspecified atom stereocenters. The van der Waals surface area contributed by atoms with Gasteiger partial charge in [0.1, 0.15) is 5.78 Å². The molecule has 0 saturated heterocycles. The maximum absolute atomic E-state index is 12.3. The molecule has 0 spiro atoms. The van der Waals surface area contributed by atoms with Gasteiger partial charge in [0.25, 0.3) is 0 Å². The molecule has 4 nitrogen and oxygen atoms in total. The number of carbonyl (C=O) groups is 2.